The summed E-state index contributed by atoms with van der Waals surface area (Å²) >= 11 is 0. The van der Waals surface area contributed by atoms with Gasteiger partial charge in [-0.2, -0.15) is 0 Å². The zero-order chi connectivity index (χ0) is 12.1. The van der Waals surface area contributed by atoms with Crippen LogP contribution in [0.25, 0.3) is 0 Å². The highest BCUT2D eigenvalue weighted by molar-refractivity contribution is 7.56. The largest absolute Gasteiger partial charge is 0.549 e. The van der Waals surface area contributed by atoms with Gasteiger partial charge < -0.3 is 18.9 Å². The summed E-state index contributed by atoms with van der Waals surface area (Å²) in [6.45, 7) is 6.49. The van der Waals surface area contributed by atoms with Gasteiger partial charge in [0.25, 0.3) is 0 Å². The standard InChI is InChI=1S/C9H19O5P/c1-5-9(4,8(10)11)15(12,13-6-2)14-7-3/h5-7H2,1-4H3,(H,10,11)/p-1. The number of rotatable bonds is 7. The first-order chi connectivity index (χ1) is 6.88. The van der Waals surface area contributed by atoms with Crippen LogP contribution in [0.4, 0.5) is 0 Å². The van der Waals surface area contributed by atoms with Gasteiger partial charge >= 0.3 is 7.60 Å². The van der Waals surface area contributed by atoms with Gasteiger partial charge in [0.1, 0.15) is 5.16 Å². The maximum atomic E-state index is 12.2. The van der Waals surface area contributed by atoms with Crippen LogP contribution in [-0.4, -0.2) is 24.3 Å². The molecule has 0 heterocycles. The summed E-state index contributed by atoms with van der Waals surface area (Å²) in [5, 5.41) is 9.42. The third-order valence-electron chi connectivity index (χ3n) is 2.33. The SMILES string of the molecule is CCOP(=O)(OCC)C(C)(CC)C(=O)[O-]. The molecule has 0 radical (unpaired) electrons. The second-order valence-corrected chi connectivity index (χ2v) is 5.75. The molecule has 0 aliphatic carbocycles. The monoisotopic (exact) mass is 237 g/mol. The Morgan fingerprint density at radius 2 is 1.67 bits per heavy atom. The van der Waals surface area contributed by atoms with Crippen LogP contribution in [0.3, 0.4) is 0 Å². The molecule has 90 valence electrons. The Bertz CT molecular complexity index is 255. The second kappa shape index (κ2) is 5.64. The van der Waals surface area contributed by atoms with E-state index in [9.17, 15) is 14.5 Å². The predicted octanol–water partition coefficient (Wildman–Crippen LogP) is 1.17. The van der Waals surface area contributed by atoms with Gasteiger partial charge in [0.05, 0.1) is 19.2 Å². The van der Waals surface area contributed by atoms with Crippen molar-refractivity contribution in [3.05, 3.63) is 0 Å². The van der Waals surface area contributed by atoms with Crippen LogP contribution in [0, 0.1) is 0 Å². The van der Waals surface area contributed by atoms with Gasteiger partial charge in [0, 0.05) is 0 Å². The van der Waals surface area contributed by atoms with Gasteiger partial charge in [-0.1, -0.05) is 6.92 Å². The summed E-state index contributed by atoms with van der Waals surface area (Å²) in [5.41, 5.74) is 0. The van der Waals surface area contributed by atoms with Crippen LogP contribution in [0.2, 0.25) is 0 Å². The average molecular weight is 237 g/mol. The van der Waals surface area contributed by atoms with Crippen molar-refractivity contribution >= 4 is 13.6 Å². The van der Waals surface area contributed by atoms with Crippen LogP contribution in [0.1, 0.15) is 34.1 Å². The summed E-state index contributed by atoms with van der Waals surface area (Å²) in [7, 11) is -3.66. The quantitative estimate of drug-likeness (QED) is 0.621. The average Bonchev–Trinajstić information content (AvgIpc) is 2.16. The minimum atomic E-state index is -3.66. The molecule has 0 spiro atoms. The number of aliphatic carboxylic acids is 1. The molecule has 0 aromatic carbocycles. The summed E-state index contributed by atoms with van der Waals surface area (Å²) in [4.78, 5) is 11.0. The highest BCUT2D eigenvalue weighted by Gasteiger charge is 2.47. The van der Waals surface area contributed by atoms with Gasteiger partial charge in [0.2, 0.25) is 0 Å². The molecule has 15 heavy (non-hydrogen) atoms. The predicted molar refractivity (Wildman–Crippen MR) is 54.6 cm³/mol. The highest BCUT2D eigenvalue weighted by Crippen LogP contribution is 2.61. The Kier molecular flexibility index (Phi) is 5.49. The molecule has 0 aromatic rings. The molecule has 0 aliphatic heterocycles. The molecule has 1 unspecified atom stereocenters. The van der Waals surface area contributed by atoms with Crippen molar-refractivity contribution in [2.24, 2.45) is 0 Å². The molecule has 0 aromatic heterocycles. The third-order valence-corrected chi connectivity index (χ3v) is 5.23. The number of carboxylic acids is 1. The van der Waals surface area contributed by atoms with E-state index in [0.29, 0.717) is 0 Å². The molecule has 0 saturated carbocycles. The van der Waals surface area contributed by atoms with Crippen molar-refractivity contribution in [1.82, 2.24) is 0 Å². The van der Waals surface area contributed by atoms with E-state index in [4.69, 9.17) is 9.05 Å². The van der Waals surface area contributed by atoms with Crippen molar-refractivity contribution < 1.29 is 23.5 Å². The molecule has 0 fully saturated rings. The summed E-state index contributed by atoms with van der Waals surface area (Å²) in [6, 6.07) is 0. The molecule has 5 nitrogen and oxygen atoms in total. The molecule has 0 rings (SSSR count). The molecule has 6 heteroatoms. The van der Waals surface area contributed by atoms with Crippen LogP contribution in [0.5, 0.6) is 0 Å². The number of carbonyl (C=O) groups excluding carboxylic acids is 1. The maximum Gasteiger partial charge on any atom is 0.342 e. The van der Waals surface area contributed by atoms with E-state index in [1.165, 1.54) is 6.92 Å². The van der Waals surface area contributed by atoms with E-state index in [0.717, 1.165) is 0 Å². The number of carboxylic acid groups (broad SMARTS) is 1. The Morgan fingerprint density at radius 3 is 1.87 bits per heavy atom. The van der Waals surface area contributed by atoms with Gasteiger partial charge in [-0.25, -0.2) is 0 Å². The van der Waals surface area contributed by atoms with E-state index in [1.807, 2.05) is 0 Å². The Hall–Kier alpha value is -0.380. The Labute approximate surface area is 90.3 Å². The first kappa shape index (κ1) is 14.6. The molecule has 1 atom stereocenters. The zero-order valence-corrected chi connectivity index (χ0v) is 10.5. The number of carbonyl (C=O) groups is 1. The molecular weight excluding hydrogens is 219 g/mol. The molecule has 0 saturated heterocycles. The van der Waals surface area contributed by atoms with Crippen LogP contribution >= 0.6 is 7.60 Å². The lowest BCUT2D eigenvalue weighted by atomic mass is 10.1. The van der Waals surface area contributed by atoms with Gasteiger partial charge in [-0.3, -0.25) is 4.57 Å². The zero-order valence-electron chi connectivity index (χ0n) is 9.61. The van der Waals surface area contributed by atoms with Crippen molar-refractivity contribution in [2.75, 3.05) is 13.2 Å². The Morgan fingerprint density at radius 1 is 1.27 bits per heavy atom. The lowest BCUT2D eigenvalue weighted by molar-refractivity contribution is -0.309. The normalized spacial score (nSPS) is 16.0. The second-order valence-electron chi connectivity index (χ2n) is 3.25. The van der Waals surface area contributed by atoms with Gasteiger partial charge in [0.15, 0.2) is 0 Å². The van der Waals surface area contributed by atoms with Crippen molar-refractivity contribution in [2.45, 2.75) is 39.3 Å². The fraction of sp³-hybridized carbons (Fsp3) is 0.889. The van der Waals surface area contributed by atoms with E-state index in [2.05, 4.69) is 0 Å². The molecule has 0 bridgehead atoms. The van der Waals surface area contributed by atoms with Crippen molar-refractivity contribution in [1.29, 1.82) is 0 Å². The summed E-state index contributed by atoms with van der Waals surface area (Å²) in [5.74, 6) is -1.41. The fourth-order valence-electron chi connectivity index (χ4n) is 1.11. The lowest BCUT2D eigenvalue weighted by Gasteiger charge is -2.35. The van der Waals surface area contributed by atoms with E-state index >= 15 is 0 Å². The van der Waals surface area contributed by atoms with E-state index in [-0.39, 0.29) is 19.6 Å². The van der Waals surface area contributed by atoms with Crippen molar-refractivity contribution in [3.63, 3.8) is 0 Å². The Balaban J connectivity index is 5.19. The van der Waals surface area contributed by atoms with E-state index < -0.39 is 18.7 Å². The maximum absolute atomic E-state index is 12.2. The molecule has 0 amide bonds. The minimum Gasteiger partial charge on any atom is -0.549 e. The smallest absolute Gasteiger partial charge is 0.342 e. The van der Waals surface area contributed by atoms with Gasteiger partial charge in [-0.05, 0) is 27.2 Å². The van der Waals surface area contributed by atoms with E-state index in [1.54, 1.807) is 20.8 Å². The molecular formula is C9H18O5P-. The lowest BCUT2D eigenvalue weighted by Crippen LogP contribution is -2.46. The van der Waals surface area contributed by atoms with Crippen LogP contribution in [0.15, 0.2) is 0 Å². The first-order valence-electron chi connectivity index (χ1n) is 4.98. The van der Waals surface area contributed by atoms with Gasteiger partial charge in [-0.15, -0.1) is 0 Å². The van der Waals surface area contributed by atoms with Crippen molar-refractivity contribution in [3.8, 4) is 0 Å². The topological polar surface area (TPSA) is 75.7 Å². The minimum absolute atomic E-state index is 0.132. The number of hydrogen-bond acceptors (Lipinski definition) is 5. The highest BCUT2D eigenvalue weighted by atomic mass is 31.2. The summed E-state index contributed by atoms with van der Waals surface area (Å²) < 4.78 is 22.2. The molecule has 0 aliphatic rings. The van der Waals surface area contributed by atoms with Crippen LogP contribution < -0.4 is 5.11 Å². The summed E-state index contributed by atoms with van der Waals surface area (Å²) in [6.07, 6.45) is 0.132. The first-order valence-corrected chi connectivity index (χ1v) is 6.52. The van der Waals surface area contributed by atoms with Crippen LogP contribution in [-0.2, 0) is 18.4 Å². The molecule has 0 N–H and O–H groups in total. The fourth-order valence-corrected chi connectivity index (χ4v) is 3.05. The number of hydrogen-bond donors (Lipinski definition) is 0. The third kappa shape index (κ3) is 2.80.